The zero-order valence-electron chi connectivity index (χ0n) is 19.2. The third-order valence-corrected chi connectivity index (χ3v) is 8.01. The molecule has 1 saturated heterocycles. The van der Waals surface area contributed by atoms with E-state index in [2.05, 4.69) is 4.98 Å². The maximum Gasteiger partial charge on any atom is 0.416 e. The Morgan fingerprint density at radius 1 is 1.17 bits per heavy atom. The van der Waals surface area contributed by atoms with Crippen molar-refractivity contribution in [2.45, 2.75) is 56.7 Å². The lowest BCUT2D eigenvalue weighted by molar-refractivity contribution is -0.148. The molecule has 3 aliphatic rings. The molecule has 2 saturated carbocycles. The van der Waals surface area contributed by atoms with Gasteiger partial charge in [0.1, 0.15) is 12.3 Å². The Balaban J connectivity index is 1.43. The van der Waals surface area contributed by atoms with E-state index in [0.29, 0.717) is 42.5 Å². The average Bonchev–Trinajstić information content (AvgIpc) is 3.12. The van der Waals surface area contributed by atoms with Gasteiger partial charge >= 0.3 is 12.1 Å². The minimum absolute atomic E-state index is 0.329. The molecule has 0 amide bonds. The van der Waals surface area contributed by atoms with Gasteiger partial charge < -0.3 is 9.84 Å². The maximum atomic E-state index is 14.8. The largest absolute Gasteiger partial charge is 0.462 e. The van der Waals surface area contributed by atoms with Crippen LogP contribution in [-0.2, 0) is 15.7 Å². The Labute approximate surface area is 201 Å². The van der Waals surface area contributed by atoms with Crippen LogP contribution in [0.4, 0.5) is 17.6 Å². The number of cyclic esters (lactones) is 1. The van der Waals surface area contributed by atoms with Crippen molar-refractivity contribution in [3.63, 3.8) is 0 Å². The quantitative estimate of drug-likeness (QED) is 0.434. The van der Waals surface area contributed by atoms with Crippen molar-refractivity contribution in [1.29, 1.82) is 0 Å². The summed E-state index contributed by atoms with van der Waals surface area (Å²) < 4.78 is 59.4. The first-order chi connectivity index (χ1) is 16.6. The molecule has 4 nitrogen and oxygen atoms in total. The van der Waals surface area contributed by atoms with Crippen molar-refractivity contribution in [2.75, 3.05) is 0 Å². The van der Waals surface area contributed by atoms with Crippen LogP contribution in [0.2, 0.25) is 0 Å². The van der Waals surface area contributed by atoms with Crippen LogP contribution in [0.25, 0.3) is 17.2 Å². The summed E-state index contributed by atoms with van der Waals surface area (Å²) in [5, 5.41) is 11.9. The van der Waals surface area contributed by atoms with E-state index in [1.54, 1.807) is 37.3 Å². The number of pyridine rings is 1. The molecular weight excluding hydrogens is 462 g/mol. The number of hydrogen-bond acceptors (Lipinski definition) is 4. The first kappa shape index (κ1) is 24.0. The molecule has 8 heteroatoms. The number of esters is 1. The van der Waals surface area contributed by atoms with E-state index < -0.39 is 47.4 Å². The van der Waals surface area contributed by atoms with Gasteiger partial charge in [0.2, 0.25) is 0 Å². The Hall–Kier alpha value is -2.74. The monoisotopic (exact) mass is 489 g/mol. The number of hydrogen-bond donors (Lipinski definition) is 1. The van der Waals surface area contributed by atoms with E-state index in [9.17, 15) is 27.5 Å². The molecule has 0 spiro atoms. The second kappa shape index (κ2) is 8.73. The molecule has 1 aromatic heterocycles. The van der Waals surface area contributed by atoms with E-state index >= 15 is 0 Å². The molecule has 2 heterocycles. The average molecular weight is 490 g/mol. The molecule has 35 heavy (non-hydrogen) atoms. The van der Waals surface area contributed by atoms with Gasteiger partial charge in [0.25, 0.3) is 0 Å². The SMILES string of the molecule is CC1OC(=O)C2CC3C(F)CCCC3C(O)(/C=C/c3ccc(-c4cccc(C(F)(F)F)c4)cn3)C12. The molecular formula is C27H27F4NO3. The van der Waals surface area contributed by atoms with E-state index in [1.807, 2.05) is 0 Å². The molecule has 1 aromatic carbocycles. The van der Waals surface area contributed by atoms with E-state index in [0.717, 1.165) is 12.1 Å². The van der Waals surface area contributed by atoms with Gasteiger partial charge in [-0.2, -0.15) is 13.2 Å². The van der Waals surface area contributed by atoms with Crippen molar-refractivity contribution in [2.24, 2.45) is 23.7 Å². The molecule has 1 N–H and O–H groups in total. The van der Waals surface area contributed by atoms with Crippen LogP contribution in [-0.4, -0.2) is 33.9 Å². The fourth-order valence-corrected chi connectivity index (χ4v) is 6.40. The van der Waals surface area contributed by atoms with Gasteiger partial charge in [0, 0.05) is 17.7 Å². The van der Waals surface area contributed by atoms with Crippen LogP contribution in [0.3, 0.4) is 0 Å². The first-order valence-corrected chi connectivity index (χ1v) is 12.0. The maximum absolute atomic E-state index is 14.8. The zero-order chi connectivity index (χ0) is 25.0. The topological polar surface area (TPSA) is 59.4 Å². The standard InChI is InChI=1S/C27H27F4NO3/c1-15-24-21(25(33)35-15)13-20-22(6-3-7-23(20)28)26(24,34)11-10-19-9-8-17(14-32-19)16-4-2-5-18(12-16)27(29,30)31/h2,4-5,8-12,14-15,20-24,34H,3,6-7,13H2,1H3/b11-10+. The summed E-state index contributed by atoms with van der Waals surface area (Å²) in [6.45, 7) is 1.76. The summed E-state index contributed by atoms with van der Waals surface area (Å²) in [5.74, 6) is -2.14. The fourth-order valence-electron chi connectivity index (χ4n) is 6.40. The third-order valence-electron chi connectivity index (χ3n) is 8.01. The van der Waals surface area contributed by atoms with Crippen LogP contribution >= 0.6 is 0 Å². The van der Waals surface area contributed by atoms with Gasteiger partial charge in [0.15, 0.2) is 0 Å². The minimum Gasteiger partial charge on any atom is -0.462 e. The first-order valence-electron chi connectivity index (χ1n) is 12.0. The summed E-state index contributed by atoms with van der Waals surface area (Å²) in [5.41, 5.74) is -0.737. The van der Waals surface area contributed by atoms with Crippen molar-refractivity contribution in [3.8, 4) is 11.1 Å². The van der Waals surface area contributed by atoms with Crippen molar-refractivity contribution in [3.05, 3.63) is 59.9 Å². The summed E-state index contributed by atoms with van der Waals surface area (Å²) in [6.07, 6.45) is 0.924. The number of benzene rings is 1. The zero-order valence-corrected chi connectivity index (χ0v) is 19.2. The van der Waals surface area contributed by atoms with E-state index in [-0.39, 0.29) is 11.9 Å². The van der Waals surface area contributed by atoms with Gasteiger partial charge in [-0.3, -0.25) is 9.78 Å². The summed E-state index contributed by atoms with van der Waals surface area (Å²) in [4.78, 5) is 16.8. The number of halogens is 4. The lowest BCUT2D eigenvalue weighted by Gasteiger charge is -2.52. The predicted molar refractivity (Wildman–Crippen MR) is 122 cm³/mol. The highest BCUT2D eigenvalue weighted by Crippen LogP contribution is 2.56. The lowest BCUT2D eigenvalue weighted by Crippen LogP contribution is -2.58. The Morgan fingerprint density at radius 3 is 2.69 bits per heavy atom. The highest BCUT2D eigenvalue weighted by atomic mass is 19.4. The second-order valence-electron chi connectivity index (χ2n) is 10.00. The molecule has 7 unspecified atom stereocenters. The number of carbonyl (C=O) groups excluding carboxylic acids is 1. The Kier molecular flexibility index (Phi) is 5.98. The highest BCUT2D eigenvalue weighted by molar-refractivity contribution is 5.76. The lowest BCUT2D eigenvalue weighted by atomic mass is 9.54. The van der Waals surface area contributed by atoms with Crippen LogP contribution in [0.5, 0.6) is 0 Å². The number of alkyl halides is 4. The van der Waals surface area contributed by atoms with Crippen molar-refractivity contribution >= 4 is 12.0 Å². The highest BCUT2D eigenvalue weighted by Gasteiger charge is 2.62. The minimum atomic E-state index is -4.43. The molecule has 2 aromatic rings. The molecule has 2 aliphatic carbocycles. The molecule has 3 fully saturated rings. The fraction of sp³-hybridized carbons (Fsp3) is 0.481. The van der Waals surface area contributed by atoms with E-state index in [4.69, 9.17) is 4.74 Å². The number of carbonyl (C=O) groups is 1. The second-order valence-corrected chi connectivity index (χ2v) is 10.00. The Morgan fingerprint density at radius 2 is 1.97 bits per heavy atom. The van der Waals surface area contributed by atoms with Crippen LogP contribution < -0.4 is 0 Å². The number of nitrogens with zero attached hydrogens (tertiary/aromatic N) is 1. The summed E-state index contributed by atoms with van der Waals surface area (Å²) in [6, 6.07) is 8.36. The third kappa shape index (κ3) is 4.26. The molecule has 186 valence electrons. The molecule has 0 bridgehead atoms. The van der Waals surface area contributed by atoms with Crippen LogP contribution in [0.15, 0.2) is 48.7 Å². The normalized spacial score (nSPS) is 35.0. The number of rotatable bonds is 3. The number of aromatic nitrogens is 1. The van der Waals surface area contributed by atoms with Gasteiger partial charge in [-0.25, -0.2) is 4.39 Å². The Bertz CT molecular complexity index is 1130. The van der Waals surface area contributed by atoms with Crippen molar-refractivity contribution < 1.29 is 32.2 Å². The summed E-state index contributed by atoms with van der Waals surface area (Å²) in [7, 11) is 0. The van der Waals surface area contributed by atoms with Crippen LogP contribution in [0.1, 0.15) is 43.9 Å². The number of ether oxygens (including phenoxy) is 1. The molecule has 0 radical (unpaired) electrons. The van der Waals surface area contributed by atoms with Gasteiger partial charge in [-0.05, 0) is 67.9 Å². The molecule has 7 atom stereocenters. The molecule has 5 rings (SSSR count). The summed E-state index contributed by atoms with van der Waals surface area (Å²) >= 11 is 0. The van der Waals surface area contributed by atoms with Crippen LogP contribution in [0, 0.1) is 23.7 Å². The van der Waals surface area contributed by atoms with Gasteiger partial charge in [-0.15, -0.1) is 0 Å². The smallest absolute Gasteiger partial charge is 0.416 e. The number of fused-ring (bicyclic) bond motifs is 2. The van der Waals surface area contributed by atoms with Gasteiger partial charge in [0.05, 0.1) is 22.8 Å². The van der Waals surface area contributed by atoms with Crippen molar-refractivity contribution in [1.82, 2.24) is 4.98 Å². The predicted octanol–water partition coefficient (Wildman–Crippen LogP) is 5.85. The number of aliphatic hydroxyl groups is 1. The van der Waals surface area contributed by atoms with Gasteiger partial charge in [-0.1, -0.05) is 30.7 Å². The van der Waals surface area contributed by atoms with E-state index in [1.165, 1.54) is 12.3 Å². The molecule has 1 aliphatic heterocycles.